The number of fused-ring (bicyclic) bond motifs is 1. The molecule has 30 heavy (non-hydrogen) atoms. The third-order valence-electron chi connectivity index (χ3n) is 5.10. The fraction of sp³-hybridized carbons (Fsp3) is 0.182. The van der Waals surface area contributed by atoms with Gasteiger partial charge in [-0.3, -0.25) is 5.41 Å². The van der Waals surface area contributed by atoms with Crippen molar-refractivity contribution in [2.75, 3.05) is 20.4 Å². The number of hydrogen-bond donors (Lipinski definition) is 2. The minimum Gasteiger partial charge on any atom is -0.510 e. The first kappa shape index (κ1) is 18.5. The van der Waals surface area contributed by atoms with Gasteiger partial charge in [-0.15, -0.1) is 11.3 Å². The van der Waals surface area contributed by atoms with Crippen LogP contribution in [0.4, 0.5) is 0 Å². The zero-order valence-electron chi connectivity index (χ0n) is 16.2. The molecule has 3 aromatic rings. The Hall–Kier alpha value is -3.52. The van der Waals surface area contributed by atoms with Crippen molar-refractivity contribution in [3.63, 3.8) is 0 Å². The molecule has 3 heterocycles. The Morgan fingerprint density at radius 2 is 1.97 bits per heavy atom. The van der Waals surface area contributed by atoms with Crippen LogP contribution in [0.25, 0.3) is 16.8 Å². The summed E-state index contributed by atoms with van der Waals surface area (Å²) in [5.74, 6) is 2.65. The molecule has 1 aromatic heterocycles. The largest absolute Gasteiger partial charge is 0.510 e. The summed E-state index contributed by atoms with van der Waals surface area (Å²) in [6.45, 7) is 0.991. The number of aromatic nitrogens is 1. The number of hydrogen-bond acceptors (Lipinski definition) is 7. The van der Waals surface area contributed by atoms with Gasteiger partial charge in [0.05, 0.1) is 24.9 Å². The zero-order valence-corrected chi connectivity index (χ0v) is 17.0. The van der Waals surface area contributed by atoms with E-state index in [0.29, 0.717) is 22.9 Å². The van der Waals surface area contributed by atoms with E-state index in [9.17, 15) is 5.11 Å². The Kier molecular flexibility index (Phi) is 4.55. The van der Waals surface area contributed by atoms with Gasteiger partial charge >= 0.3 is 0 Å². The lowest BCUT2D eigenvalue weighted by Gasteiger charge is -2.18. The number of aliphatic hydroxyl groups excluding tert-OH is 1. The molecule has 2 aliphatic rings. The predicted octanol–water partition coefficient (Wildman–Crippen LogP) is 4.31. The van der Waals surface area contributed by atoms with Crippen LogP contribution in [0.1, 0.15) is 10.6 Å². The fourth-order valence-electron chi connectivity index (χ4n) is 3.54. The number of rotatable bonds is 5. The molecule has 8 heteroatoms. The lowest BCUT2D eigenvalue weighted by atomic mass is 10.1. The first-order valence-corrected chi connectivity index (χ1v) is 10.2. The molecule has 0 saturated carbocycles. The van der Waals surface area contributed by atoms with Gasteiger partial charge in [-0.05, 0) is 42.0 Å². The summed E-state index contributed by atoms with van der Waals surface area (Å²) in [7, 11) is 1.63. The van der Waals surface area contributed by atoms with Crippen LogP contribution >= 0.6 is 11.3 Å². The molecular weight excluding hydrogens is 402 g/mol. The van der Waals surface area contributed by atoms with Gasteiger partial charge in [-0.1, -0.05) is 6.07 Å². The van der Waals surface area contributed by atoms with E-state index in [-0.39, 0.29) is 24.9 Å². The lowest BCUT2D eigenvalue weighted by molar-refractivity contribution is 0.174. The van der Waals surface area contributed by atoms with Gasteiger partial charge in [0.15, 0.2) is 11.5 Å². The summed E-state index contributed by atoms with van der Waals surface area (Å²) in [4.78, 5) is 6.48. The molecule has 0 unspecified atom stereocenters. The van der Waals surface area contributed by atoms with Gasteiger partial charge in [0.2, 0.25) is 6.79 Å². The third kappa shape index (κ3) is 3.25. The zero-order chi connectivity index (χ0) is 20.7. The van der Waals surface area contributed by atoms with E-state index in [1.807, 2.05) is 52.7 Å². The first-order valence-electron chi connectivity index (χ1n) is 9.37. The van der Waals surface area contributed by atoms with Gasteiger partial charge in [-0.2, -0.15) is 0 Å². The molecule has 0 atom stereocenters. The molecule has 152 valence electrons. The minimum atomic E-state index is 0.163. The average Bonchev–Trinajstić information content (AvgIpc) is 3.48. The molecule has 7 nitrogen and oxygen atoms in total. The van der Waals surface area contributed by atoms with Gasteiger partial charge < -0.3 is 24.2 Å². The highest BCUT2D eigenvalue weighted by Crippen LogP contribution is 2.35. The summed E-state index contributed by atoms with van der Waals surface area (Å²) < 4.78 is 16.0. The molecule has 2 N–H and O–H groups in total. The van der Waals surface area contributed by atoms with Crippen LogP contribution in [-0.4, -0.2) is 41.3 Å². The van der Waals surface area contributed by atoms with Crippen LogP contribution in [0.2, 0.25) is 0 Å². The summed E-state index contributed by atoms with van der Waals surface area (Å²) in [6.07, 6.45) is 0. The molecule has 2 aliphatic heterocycles. The molecule has 5 rings (SSSR count). The van der Waals surface area contributed by atoms with Crippen LogP contribution < -0.4 is 14.2 Å². The summed E-state index contributed by atoms with van der Waals surface area (Å²) in [5, 5.41) is 21.7. The van der Waals surface area contributed by atoms with Gasteiger partial charge in [0.25, 0.3) is 0 Å². The van der Waals surface area contributed by atoms with E-state index >= 15 is 0 Å². The normalized spacial score (nSPS) is 15.2. The molecule has 0 radical (unpaired) electrons. The van der Waals surface area contributed by atoms with Crippen molar-refractivity contribution in [1.29, 1.82) is 5.41 Å². The van der Waals surface area contributed by atoms with Crippen molar-refractivity contribution in [2.24, 2.45) is 0 Å². The van der Waals surface area contributed by atoms with E-state index in [0.717, 1.165) is 28.3 Å². The Balaban J connectivity index is 1.34. The summed E-state index contributed by atoms with van der Waals surface area (Å²) in [6, 6.07) is 13.4. The highest BCUT2D eigenvalue weighted by atomic mass is 32.1. The van der Waals surface area contributed by atoms with Crippen LogP contribution in [0, 0.1) is 5.41 Å². The Morgan fingerprint density at radius 1 is 1.17 bits per heavy atom. The van der Waals surface area contributed by atoms with Gasteiger partial charge in [-0.25, -0.2) is 4.98 Å². The van der Waals surface area contributed by atoms with Gasteiger partial charge in [0, 0.05) is 17.5 Å². The van der Waals surface area contributed by atoms with E-state index in [4.69, 9.17) is 19.6 Å². The standard InChI is InChI=1S/C22H19N3O4S/c1-27-15-5-3-14(4-6-15)16-11-30-22(24-16)20-17(26)10-25(21(20)23)9-13-2-7-18-19(8-13)29-12-28-18/h2-8,11,23,26H,9-10,12H2,1H3. The van der Waals surface area contributed by atoms with Crippen molar-refractivity contribution < 1.29 is 19.3 Å². The Morgan fingerprint density at radius 3 is 2.77 bits per heavy atom. The van der Waals surface area contributed by atoms with Crippen LogP contribution in [0.5, 0.6) is 17.2 Å². The van der Waals surface area contributed by atoms with Crippen molar-refractivity contribution in [1.82, 2.24) is 9.88 Å². The molecule has 0 spiro atoms. The number of amidine groups is 1. The van der Waals surface area contributed by atoms with Crippen LogP contribution in [0.3, 0.4) is 0 Å². The van der Waals surface area contributed by atoms with E-state index in [1.54, 1.807) is 7.11 Å². The van der Waals surface area contributed by atoms with E-state index in [1.165, 1.54) is 11.3 Å². The number of nitrogens with one attached hydrogen (secondary N) is 1. The molecule has 2 aromatic carbocycles. The number of ether oxygens (including phenoxy) is 3. The van der Waals surface area contributed by atoms with Crippen molar-refractivity contribution in [3.05, 3.63) is 64.2 Å². The maximum atomic E-state index is 10.6. The van der Waals surface area contributed by atoms with Crippen LogP contribution in [-0.2, 0) is 6.54 Å². The topological polar surface area (TPSA) is 87.9 Å². The number of aliphatic hydroxyl groups is 1. The van der Waals surface area contributed by atoms with Crippen LogP contribution in [0.15, 0.2) is 53.6 Å². The molecule has 0 aliphatic carbocycles. The lowest BCUT2D eigenvalue weighted by Crippen LogP contribution is -2.26. The van der Waals surface area contributed by atoms with Crippen molar-refractivity contribution in [3.8, 4) is 28.5 Å². The molecular formula is C22H19N3O4S. The number of methoxy groups -OCH3 is 1. The van der Waals surface area contributed by atoms with E-state index in [2.05, 4.69) is 4.98 Å². The summed E-state index contributed by atoms with van der Waals surface area (Å²) >= 11 is 1.42. The fourth-order valence-corrected chi connectivity index (χ4v) is 4.43. The SMILES string of the molecule is COc1ccc(-c2csc(C3=C(O)CN(Cc4ccc5c(c4)OCO5)C3=N)n2)cc1. The molecule has 0 fully saturated rings. The minimum absolute atomic E-state index is 0.163. The number of thiazole rings is 1. The quantitative estimate of drug-likeness (QED) is 0.638. The van der Waals surface area contributed by atoms with Crippen molar-refractivity contribution >= 4 is 22.7 Å². The third-order valence-corrected chi connectivity index (χ3v) is 5.96. The number of nitrogens with zero attached hydrogens (tertiary/aromatic N) is 2. The highest BCUT2D eigenvalue weighted by Gasteiger charge is 2.30. The predicted molar refractivity (Wildman–Crippen MR) is 114 cm³/mol. The van der Waals surface area contributed by atoms with Gasteiger partial charge in [0.1, 0.15) is 22.4 Å². The maximum Gasteiger partial charge on any atom is 0.231 e. The monoisotopic (exact) mass is 421 g/mol. The second kappa shape index (κ2) is 7.38. The molecule has 0 bridgehead atoms. The average molecular weight is 421 g/mol. The first-order chi connectivity index (χ1) is 14.6. The Labute approximate surface area is 177 Å². The maximum absolute atomic E-state index is 10.6. The highest BCUT2D eigenvalue weighted by molar-refractivity contribution is 7.11. The summed E-state index contributed by atoms with van der Waals surface area (Å²) in [5.41, 5.74) is 3.23. The smallest absolute Gasteiger partial charge is 0.231 e. The second-order valence-electron chi connectivity index (χ2n) is 6.98. The Bertz CT molecular complexity index is 1150. The number of benzene rings is 2. The second-order valence-corrected chi connectivity index (χ2v) is 7.84. The molecule has 0 saturated heterocycles. The van der Waals surface area contributed by atoms with Crippen molar-refractivity contribution in [2.45, 2.75) is 6.54 Å². The van der Waals surface area contributed by atoms with E-state index < -0.39 is 0 Å². The molecule has 0 amide bonds.